The molecular weight excluding hydrogens is 284 g/mol. The van der Waals surface area contributed by atoms with Crippen molar-refractivity contribution in [3.63, 3.8) is 0 Å². The lowest BCUT2D eigenvalue weighted by atomic mass is 10.2. The van der Waals surface area contributed by atoms with E-state index in [1.807, 2.05) is 35.0 Å². The average molecular weight is 300 g/mol. The van der Waals surface area contributed by atoms with Gasteiger partial charge in [-0.2, -0.15) is 0 Å². The first-order chi connectivity index (χ1) is 10.3. The third kappa shape index (κ3) is 2.68. The quantitative estimate of drug-likeness (QED) is 0.785. The molecule has 2 heterocycles. The Morgan fingerprint density at radius 2 is 2.10 bits per heavy atom. The van der Waals surface area contributed by atoms with Gasteiger partial charge in [-0.15, -0.1) is 16.4 Å². The molecule has 1 aromatic carbocycles. The third-order valence-corrected chi connectivity index (χ3v) is 4.15. The van der Waals surface area contributed by atoms with Crippen LogP contribution in [0, 0.1) is 0 Å². The van der Waals surface area contributed by atoms with E-state index in [0.29, 0.717) is 6.54 Å². The van der Waals surface area contributed by atoms with E-state index >= 15 is 0 Å². The molecular formula is C15H16N4OS. The first-order valence-corrected chi connectivity index (χ1v) is 7.50. The fourth-order valence-corrected chi connectivity index (χ4v) is 2.95. The molecule has 3 aromatic rings. The summed E-state index contributed by atoms with van der Waals surface area (Å²) in [6.07, 6.45) is 0.759. The molecule has 6 heteroatoms. The van der Waals surface area contributed by atoms with Crippen LogP contribution in [0.25, 0.3) is 5.69 Å². The maximum atomic E-state index is 5.80. The zero-order valence-corrected chi connectivity index (χ0v) is 12.5. The summed E-state index contributed by atoms with van der Waals surface area (Å²) in [5, 5.41) is 10.5. The van der Waals surface area contributed by atoms with Crippen LogP contribution in [0.1, 0.15) is 16.3 Å². The standard InChI is InChI=1S/C15H16N4OS/c1-20-15-7-3-2-6-13(15)19-14(12(10-16)17-18-19)9-11-5-4-8-21-11/h2-8H,9-10,16H2,1H3. The van der Waals surface area contributed by atoms with Crippen LogP contribution in [0.4, 0.5) is 0 Å². The van der Waals surface area contributed by atoms with Crippen molar-refractivity contribution < 1.29 is 4.74 Å². The number of hydrogen-bond acceptors (Lipinski definition) is 5. The summed E-state index contributed by atoms with van der Waals surface area (Å²) in [5.41, 5.74) is 8.49. The molecule has 0 atom stereocenters. The topological polar surface area (TPSA) is 66.0 Å². The lowest BCUT2D eigenvalue weighted by molar-refractivity contribution is 0.411. The summed E-state index contributed by atoms with van der Waals surface area (Å²) in [6.45, 7) is 0.371. The van der Waals surface area contributed by atoms with Gasteiger partial charge in [-0.3, -0.25) is 0 Å². The van der Waals surface area contributed by atoms with Gasteiger partial charge in [0.25, 0.3) is 0 Å². The van der Waals surface area contributed by atoms with Crippen LogP contribution in [-0.4, -0.2) is 22.1 Å². The number of thiophene rings is 1. The van der Waals surface area contributed by atoms with Gasteiger partial charge >= 0.3 is 0 Å². The maximum absolute atomic E-state index is 5.80. The second-order valence-corrected chi connectivity index (χ2v) is 5.56. The average Bonchev–Trinajstić information content (AvgIpc) is 3.17. The number of nitrogens with two attached hydrogens (primary N) is 1. The zero-order chi connectivity index (χ0) is 14.7. The van der Waals surface area contributed by atoms with Gasteiger partial charge in [0.1, 0.15) is 17.1 Å². The molecule has 21 heavy (non-hydrogen) atoms. The highest BCUT2D eigenvalue weighted by molar-refractivity contribution is 7.09. The van der Waals surface area contributed by atoms with Crippen molar-refractivity contribution in [3.8, 4) is 11.4 Å². The van der Waals surface area contributed by atoms with Crippen molar-refractivity contribution in [1.29, 1.82) is 0 Å². The molecule has 0 spiro atoms. The highest BCUT2D eigenvalue weighted by atomic mass is 32.1. The van der Waals surface area contributed by atoms with E-state index in [1.165, 1.54) is 4.88 Å². The second-order valence-electron chi connectivity index (χ2n) is 4.53. The van der Waals surface area contributed by atoms with Gasteiger partial charge in [0.15, 0.2) is 0 Å². The van der Waals surface area contributed by atoms with Crippen molar-refractivity contribution in [3.05, 3.63) is 58.0 Å². The van der Waals surface area contributed by atoms with Gasteiger partial charge in [0.05, 0.1) is 12.8 Å². The Balaban J connectivity index is 2.08. The molecule has 3 rings (SSSR count). The molecule has 108 valence electrons. The smallest absolute Gasteiger partial charge is 0.144 e. The minimum Gasteiger partial charge on any atom is -0.494 e. The Kier molecular flexibility index (Phi) is 3.98. The molecule has 0 unspecified atom stereocenters. The van der Waals surface area contributed by atoms with Crippen LogP contribution in [0.3, 0.4) is 0 Å². The predicted octanol–water partition coefficient (Wildman–Crippen LogP) is 2.39. The van der Waals surface area contributed by atoms with Crippen molar-refractivity contribution >= 4 is 11.3 Å². The minimum absolute atomic E-state index is 0.371. The van der Waals surface area contributed by atoms with Gasteiger partial charge in [-0.1, -0.05) is 23.4 Å². The van der Waals surface area contributed by atoms with Crippen molar-refractivity contribution in [1.82, 2.24) is 15.0 Å². The molecule has 0 aliphatic carbocycles. The summed E-state index contributed by atoms with van der Waals surface area (Å²) in [7, 11) is 1.65. The molecule has 0 aliphatic rings. The normalized spacial score (nSPS) is 10.8. The Hall–Kier alpha value is -2.18. The third-order valence-electron chi connectivity index (χ3n) is 3.27. The highest BCUT2D eigenvalue weighted by Crippen LogP contribution is 2.25. The lowest BCUT2D eigenvalue weighted by Gasteiger charge is -2.10. The largest absolute Gasteiger partial charge is 0.494 e. The lowest BCUT2D eigenvalue weighted by Crippen LogP contribution is -2.07. The number of aromatic nitrogens is 3. The number of nitrogens with zero attached hydrogens (tertiary/aromatic N) is 3. The van der Waals surface area contributed by atoms with Gasteiger partial charge < -0.3 is 10.5 Å². The fourth-order valence-electron chi connectivity index (χ4n) is 2.24. The van der Waals surface area contributed by atoms with Gasteiger partial charge in [-0.05, 0) is 23.6 Å². The molecule has 0 radical (unpaired) electrons. The molecule has 0 aliphatic heterocycles. The molecule has 2 aromatic heterocycles. The SMILES string of the molecule is COc1ccccc1-n1nnc(CN)c1Cc1cccs1. The molecule has 0 fully saturated rings. The zero-order valence-electron chi connectivity index (χ0n) is 11.7. The van der Waals surface area contributed by atoms with E-state index in [4.69, 9.17) is 10.5 Å². The van der Waals surface area contributed by atoms with E-state index < -0.39 is 0 Å². The highest BCUT2D eigenvalue weighted by Gasteiger charge is 2.16. The first-order valence-electron chi connectivity index (χ1n) is 6.62. The van der Waals surface area contributed by atoms with E-state index in [-0.39, 0.29) is 0 Å². The van der Waals surface area contributed by atoms with E-state index in [0.717, 1.165) is 29.2 Å². The van der Waals surface area contributed by atoms with Crippen molar-refractivity contribution in [2.75, 3.05) is 7.11 Å². The molecule has 0 saturated carbocycles. The van der Waals surface area contributed by atoms with E-state index in [9.17, 15) is 0 Å². The number of rotatable bonds is 5. The Morgan fingerprint density at radius 1 is 1.24 bits per heavy atom. The van der Waals surface area contributed by atoms with Gasteiger partial charge in [0, 0.05) is 17.8 Å². The summed E-state index contributed by atoms with van der Waals surface area (Å²) in [6, 6.07) is 11.9. The number of methoxy groups -OCH3 is 1. The van der Waals surface area contributed by atoms with E-state index in [2.05, 4.69) is 21.8 Å². The summed E-state index contributed by atoms with van der Waals surface area (Å²) in [4.78, 5) is 1.25. The number of hydrogen-bond donors (Lipinski definition) is 1. The molecule has 0 saturated heterocycles. The Morgan fingerprint density at radius 3 is 2.81 bits per heavy atom. The first kappa shape index (κ1) is 13.8. The van der Waals surface area contributed by atoms with Crippen LogP contribution in [0.2, 0.25) is 0 Å². The van der Waals surface area contributed by atoms with Crippen LogP contribution in [0.15, 0.2) is 41.8 Å². The van der Waals surface area contributed by atoms with Crippen LogP contribution in [-0.2, 0) is 13.0 Å². The molecule has 0 bridgehead atoms. The minimum atomic E-state index is 0.371. The summed E-state index contributed by atoms with van der Waals surface area (Å²) < 4.78 is 7.24. The fraction of sp³-hybridized carbons (Fsp3) is 0.200. The Labute approximate surface area is 127 Å². The number of ether oxygens (including phenoxy) is 1. The molecule has 2 N–H and O–H groups in total. The van der Waals surface area contributed by atoms with E-state index in [1.54, 1.807) is 18.4 Å². The van der Waals surface area contributed by atoms with Gasteiger partial charge in [0.2, 0.25) is 0 Å². The van der Waals surface area contributed by atoms with Crippen molar-refractivity contribution in [2.24, 2.45) is 5.73 Å². The number of benzene rings is 1. The molecule has 5 nitrogen and oxygen atoms in total. The predicted molar refractivity (Wildman–Crippen MR) is 82.9 cm³/mol. The monoisotopic (exact) mass is 300 g/mol. The van der Waals surface area contributed by atoms with Crippen LogP contribution in [0.5, 0.6) is 5.75 Å². The summed E-state index contributed by atoms with van der Waals surface area (Å²) in [5.74, 6) is 0.762. The van der Waals surface area contributed by atoms with Crippen molar-refractivity contribution in [2.45, 2.75) is 13.0 Å². The van der Waals surface area contributed by atoms with Crippen LogP contribution < -0.4 is 10.5 Å². The van der Waals surface area contributed by atoms with Crippen LogP contribution >= 0.6 is 11.3 Å². The Bertz CT molecular complexity index is 721. The second kappa shape index (κ2) is 6.07. The number of para-hydroxylation sites is 2. The maximum Gasteiger partial charge on any atom is 0.144 e. The van der Waals surface area contributed by atoms with Gasteiger partial charge in [-0.25, -0.2) is 4.68 Å². The molecule has 0 amide bonds. The summed E-state index contributed by atoms with van der Waals surface area (Å²) >= 11 is 1.71.